The Morgan fingerprint density at radius 3 is 2.72 bits per heavy atom. The normalized spacial score (nSPS) is 12.0. The quantitative estimate of drug-likeness (QED) is 0.580. The lowest BCUT2D eigenvalue weighted by Crippen LogP contribution is -2.08. The van der Waals surface area contributed by atoms with Crippen molar-refractivity contribution in [3.05, 3.63) is 52.8 Å². The van der Waals surface area contributed by atoms with Gasteiger partial charge in [0.05, 0.1) is 17.2 Å². The highest BCUT2D eigenvalue weighted by Crippen LogP contribution is 2.38. The summed E-state index contributed by atoms with van der Waals surface area (Å²) < 4.78 is 6.59. The Balaban J connectivity index is 1.79. The van der Waals surface area contributed by atoms with Crippen LogP contribution in [-0.2, 0) is 0 Å². The molecule has 2 aromatic heterocycles. The van der Waals surface area contributed by atoms with Crippen molar-refractivity contribution >= 4 is 38.1 Å². The van der Waals surface area contributed by atoms with Gasteiger partial charge in [0.25, 0.3) is 0 Å². The van der Waals surface area contributed by atoms with Gasteiger partial charge in [0.15, 0.2) is 5.75 Å². The molecule has 25 heavy (non-hydrogen) atoms. The van der Waals surface area contributed by atoms with Crippen molar-refractivity contribution in [1.82, 2.24) is 9.97 Å². The molecule has 1 atom stereocenters. The SMILES string of the molecule is CCOc1cc(-c2cc(NC(C)c3ccc(Br)cc3)ncn2)sc1N. The van der Waals surface area contributed by atoms with Crippen LogP contribution in [-0.4, -0.2) is 16.6 Å². The minimum absolute atomic E-state index is 0.128. The molecular weight excluding hydrogens is 400 g/mol. The first-order chi connectivity index (χ1) is 12.1. The molecule has 5 nitrogen and oxygen atoms in total. The molecular formula is C18H19BrN4OS. The van der Waals surface area contributed by atoms with Crippen LogP contribution < -0.4 is 15.8 Å². The third kappa shape index (κ3) is 4.29. The highest BCUT2D eigenvalue weighted by molar-refractivity contribution is 9.10. The molecule has 0 saturated carbocycles. The first kappa shape index (κ1) is 17.7. The van der Waals surface area contributed by atoms with Gasteiger partial charge in [-0.05, 0) is 31.5 Å². The highest BCUT2D eigenvalue weighted by Gasteiger charge is 2.12. The third-order valence-corrected chi connectivity index (χ3v) is 5.18. The zero-order valence-electron chi connectivity index (χ0n) is 14.0. The number of halogens is 1. The first-order valence-corrected chi connectivity index (χ1v) is 9.54. The Hall–Kier alpha value is -2.12. The molecule has 0 aliphatic rings. The van der Waals surface area contributed by atoms with Crippen LogP contribution in [0.4, 0.5) is 10.8 Å². The minimum Gasteiger partial charge on any atom is -0.491 e. The van der Waals surface area contributed by atoms with Gasteiger partial charge in [-0.1, -0.05) is 28.1 Å². The van der Waals surface area contributed by atoms with Crippen LogP contribution in [0, 0.1) is 0 Å². The van der Waals surface area contributed by atoms with Gasteiger partial charge in [-0.3, -0.25) is 0 Å². The number of anilines is 2. The van der Waals surface area contributed by atoms with E-state index in [2.05, 4.69) is 50.3 Å². The number of ether oxygens (including phenoxy) is 1. The van der Waals surface area contributed by atoms with E-state index < -0.39 is 0 Å². The molecule has 0 aliphatic heterocycles. The second kappa shape index (κ2) is 7.84. The molecule has 2 heterocycles. The minimum atomic E-state index is 0.128. The van der Waals surface area contributed by atoms with Crippen molar-refractivity contribution in [3.63, 3.8) is 0 Å². The number of nitrogen functional groups attached to an aromatic ring is 1. The lowest BCUT2D eigenvalue weighted by atomic mass is 10.1. The maximum Gasteiger partial charge on any atom is 0.154 e. The summed E-state index contributed by atoms with van der Waals surface area (Å²) in [6, 6.07) is 12.2. The second-order valence-electron chi connectivity index (χ2n) is 5.48. The molecule has 0 saturated heterocycles. The maximum absolute atomic E-state index is 6.00. The van der Waals surface area contributed by atoms with E-state index in [0.29, 0.717) is 17.4 Å². The van der Waals surface area contributed by atoms with E-state index in [1.54, 1.807) is 6.33 Å². The Morgan fingerprint density at radius 1 is 1.24 bits per heavy atom. The number of thiophene rings is 1. The summed E-state index contributed by atoms with van der Waals surface area (Å²) in [6.07, 6.45) is 1.56. The van der Waals surface area contributed by atoms with Crippen molar-refractivity contribution in [2.45, 2.75) is 19.9 Å². The first-order valence-electron chi connectivity index (χ1n) is 7.93. The Morgan fingerprint density at radius 2 is 2.00 bits per heavy atom. The summed E-state index contributed by atoms with van der Waals surface area (Å²) in [6.45, 7) is 4.62. The zero-order chi connectivity index (χ0) is 17.8. The molecule has 0 amide bonds. The van der Waals surface area contributed by atoms with E-state index in [0.717, 1.165) is 20.9 Å². The Kier molecular flexibility index (Phi) is 5.55. The lowest BCUT2D eigenvalue weighted by molar-refractivity contribution is 0.343. The van der Waals surface area contributed by atoms with E-state index in [4.69, 9.17) is 10.5 Å². The van der Waals surface area contributed by atoms with Crippen LogP contribution in [0.5, 0.6) is 5.75 Å². The number of hydrogen-bond acceptors (Lipinski definition) is 6. The average molecular weight is 419 g/mol. The largest absolute Gasteiger partial charge is 0.491 e. The zero-order valence-corrected chi connectivity index (χ0v) is 16.4. The summed E-state index contributed by atoms with van der Waals surface area (Å²) in [5.74, 6) is 1.48. The van der Waals surface area contributed by atoms with E-state index in [1.807, 2.05) is 31.2 Å². The molecule has 1 unspecified atom stereocenters. The molecule has 130 valence electrons. The molecule has 3 aromatic rings. The van der Waals surface area contributed by atoms with E-state index in [1.165, 1.54) is 16.9 Å². The van der Waals surface area contributed by atoms with E-state index in [-0.39, 0.29) is 6.04 Å². The molecule has 0 radical (unpaired) electrons. The monoisotopic (exact) mass is 418 g/mol. The van der Waals surface area contributed by atoms with Gasteiger partial charge in [-0.15, -0.1) is 11.3 Å². The predicted octanol–water partition coefficient (Wildman–Crippen LogP) is 5.12. The average Bonchev–Trinajstić information content (AvgIpc) is 2.97. The third-order valence-electron chi connectivity index (χ3n) is 3.68. The van der Waals surface area contributed by atoms with Crippen molar-refractivity contribution in [1.29, 1.82) is 0 Å². The van der Waals surface area contributed by atoms with Gasteiger partial charge in [0.2, 0.25) is 0 Å². The van der Waals surface area contributed by atoms with Gasteiger partial charge in [-0.2, -0.15) is 0 Å². The van der Waals surface area contributed by atoms with Crippen molar-refractivity contribution in [3.8, 4) is 16.3 Å². The van der Waals surface area contributed by atoms with Gasteiger partial charge in [0.1, 0.15) is 17.1 Å². The smallest absolute Gasteiger partial charge is 0.154 e. The molecule has 3 rings (SSSR count). The Bertz CT molecular complexity index is 851. The number of nitrogens with two attached hydrogens (primary N) is 1. The van der Waals surface area contributed by atoms with Crippen molar-refractivity contribution in [2.24, 2.45) is 0 Å². The maximum atomic E-state index is 6.00. The molecule has 1 aromatic carbocycles. The lowest BCUT2D eigenvalue weighted by Gasteiger charge is -2.15. The number of hydrogen-bond donors (Lipinski definition) is 2. The Labute approximate surface area is 159 Å². The number of nitrogens with one attached hydrogen (secondary N) is 1. The molecule has 3 N–H and O–H groups in total. The van der Waals surface area contributed by atoms with Gasteiger partial charge < -0.3 is 15.8 Å². The van der Waals surface area contributed by atoms with Crippen molar-refractivity contribution < 1.29 is 4.74 Å². The van der Waals surface area contributed by atoms with E-state index in [9.17, 15) is 0 Å². The van der Waals surface area contributed by atoms with Gasteiger partial charge in [-0.25, -0.2) is 9.97 Å². The molecule has 0 fully saturated rings. The molecule has 7 heteroatoms. The summed E-state index contributed by atoms with van der Waals surface area (Å²) in [5.41, 5.74) is 8.01. The standard InChI is InChI=1S/C18H19BrN4OS/c1-3-24-15-9-16(25-18(15)20)14-8-17(22-10-21-14)23-11(2)12-4-6-13(19)7-5-12/h4-11H,3,20H2,1-2H3,(H,21,22,23). The molecule has 0 spiro atoms. The van der Waals surface area contributed by atoms with Gasteiger partial charge >= 0.3 is 0 Å². The second-order valence-corrected chi connectivity index (χ2v) is 7.48. The predicted molar refractivity (Wildman–Crippen MR) is 107 cm³/mol. The topological polar surface area (TPSA) is 73.1 Å². The van der Waals surface area contributed by atoms with Crippen molar-refractivity contribution in [2.75, 3.05) is 17.7 Å². The fourth-order valence-corrected chi connectivity index (χ4v) is 3.51. The summed E-state index contributed by atoms with van der Waals surface area (Å²) in [4.78, 5) is 9.64. The molecule has 0 aliphatic carbocycles. The number of rotatable bonds is 6. The van der Waals surface area contributed by atoms with Gasteiger partial charge in [0, 0.05) is 22.6 Å². The summed E-state index contributed by atoms with van der Waals surface area (Å²) in [5, 5.41) is 4.07. The summed E-state index contributed by atoms with van der Waals surface area (Å²) in [7, 11) is 0. The number of benzene rings is 1. The fraction of sp³-hybridized carbons (Fsp3) is 0.222. The fourth-order valence-electron chi connectivity index (χ4n) is 2.41. The number of aromatic nitrogens is 2. The van der Waals surface area contributed by atoms with Crippen LogP contribution in [0.3, 0.4) is 0 Å². The number of nitrogens with zero attached hydrogens (tertiary/aromatic N) is 2. The van der Waals surface area contributed by atoms with Crippen LogP contribution >= 0.6 is 27.3 Å². The van der Waals surface area contributed by atoms with Crippen LogP contribution in [0.2, 0.25) is 0 Å². The molecule has 0 bridgehead atoms. The van der Waals surface area contributed by atoms with Crippen LogP contribution in [0.25, 0.3) is 10.6 Å². The van der Waals surface area contributed by atoms with E-state index >= 15 is 0 Å². The van der Waals surface area contributed by atoms with Crippen LogP contribution in [0.15, 0.2) is 47.2 Å². The summed E-state index contributed by atoms with van der Waals surface area (Å²) >= 11 is 4.92. The highest BCUT2D eigenvalue weighted by atomic mass is 79.9. The van der Waals surface area contributed by atoms with Crippen LogP contribution in [0.1, 0.15) is 25.5 Å².